The summed E-state index contributed by atoms with van der Waals surface area (Å²) in [6.45, 7) is 0. The highest BCUT2D eigenvalue weighted by atomic mass is 15.0. The molecule has 0 amide bonds. The van der Waals surface area contributed by atoms with Gasteiger partial charge >= 0.3 is 0 Å². The van der Waals surface area contributed by atoms with Crippen molar-refractivity contribution < 1.29 is 24.7 Å². The van der Waals surface area contributed by atoms with Crippen LogP contribution in [0.5, 0.6) is 0 Å². The van der Waals surface area contributed by atoms with Crippen LogP contribution >= 0.6 is 0 Å². The summed E-state index contributed by atoms with van der Waals surface area (Å²) in [5, 5.41) is -0.257. The van der Waals surface area contributed by atoms with Gasteiger partial charge in [-0.15, -0.1) is 0 Å². The second-order valence-corrected chi connectivity index (χ2v) is 13.5. The number of nitrogens with zero attached hydrogens (tertiary/aromatic N) is 3. The Morgan fingerprint density at radius 3 is 1.56 bits per heavy atom. The quantitative estimate of drug-likeness (QED) is 0.167. The van der Waals surface area contributed by atoms with Gasteiger partial charge in [-0.2, -0.15) is 0 Å². The molecule has 0 aliphatic carbocycles. The van der Waals surface area contributed by atoms with Crippen LogP contribution in [0.25, 0.3) is 105 Å². The summed E-state index contributed by atoms with van der Waals surface area (Å²) in [7, 11) is 0. The van der Waals surface area contributed by atoms with E-state index in [-0.39, 0.29) is 89.6 Å². The molecule has 0 saturated carbocycles. The zero-order valence-electron chi connectivity index (χ0n) is 47.7. The van der Waals surface area contributed by atoms with Gasteiger partial charge in [0.05, 0.1) is 57.8 Å². The third kappa shape index (κ3) is 4.79. The lowest BCUT2D eigenvalue weighted by atomic mass is 10.00. The molecule has 266 valence electrons. The molecule has 0 spiro atoms. The smallest absolute Gasteiger partial charge is 0.0645 e. The molecule has 0 fully saturated rings. The third-order valence-corrected chi connectivity index (χ3v) is 10.4. The van der Waals surface area contributed by atoms with Crippen LogP contribution in [0.15, 0.2) is 212 Å². The fraction of sp³-hybridized carbons (Fsp3) is 0. The molecular weight excluding hydrogens is 691 g/mol. The van der Waals surface area contributed by atoms with Crippen molar-refractivity contribution in [2.45, 2.75) is 0 Å². The number of hydrogen-bond acceptors (Lipinski definition) is 0. The molecule has 0 aliphatic heterocycles. The van der Waals surface area contributed by atoms with Crippen molar-refractivity contribution in [3.63, 3.8) is 0 Å². The molecule has 3 heterocycles. The summed E-state index contributed by atoms with van der Waals surface area (Å²) in [5.41, 5.74) is 1.25. The molecule has 0 aliphatic rings. The minimum absolute atomic E-state index is 0.0267. The van der Waals surface area contributed by atoms with E-state index < -0.39 is 95.7 Å². The van der Waals surface area contributed by atoms with Crippen LogP contribution in [0.4, 0.5) is 0 Å². The van der Waals surface area contributed by atoms with E-state index >= 15 is 0 Å². The predicted molar refractivity (Wildman–Crippen MR) is 240 cm³/mol. The second-order valence-electron chi connectivity index (χ2n) is 13.5. The maximum absolute atomic E-state index is 10.2. The number of aromatic nitrogens is 3. The minimum atomic E-state index is -0.654. The molecule has 3 nitrogen and oxygen atoms in total. The van der Waals surface area contributed by atoms with Crippen molar-refractivity contribution in [3.05, 3.63) is 212 Å². The largest absolute Gasteiger partial charge is 0.309 e. The molecule has 12 aromatic rings. The highest BCUT2D eigenvalue weighted by molar-refractivity contribution is 6.26. The van der Waals surface area contributed by atoms with Crippen molar-refractivity contribution >= 4 is 65.4 Å². The van der Waals surface area contributed by atoms with E-state index in [2.05, 4.69) is 0 Å². The molecule has 0 unspecified atom stereocenters. The Bertz CT molecular complexity index is 4540. The summed E-state index contributed by atoms with van der Waals surface area (Å²) in [6.07, 6.45) is 0. The van der Waals surface area contributed by atoms with Gasteiger partial charge in [0, 0.05) is 49.4 Å². The third-order valence-electron chi connectivity index (χ3n) is 10.4. The highest BCUT2D eigenvalue weighted by Gasteiger charge is 2.22. The van der Waals surface area contributed by atoms with E-state index in [1.54, 1.807) is 66.7 Å². The number of hydrogen-bond donors (Lipinski definition) is 0. The van der Waals surface area contributed by atoms with Crippen molar-refractivity contribution in [1.82, 2.24) is 13.7 Å². The van der Waals surface area contributed by atoms with Gasteiger partial charge in [-0.05, 0) is 101 Å². The predicted octanol–water partition coefficient (Wildman–Crippen LogP) is 14.3. The summed E-state index contributed by atoms with van der Waals surface area (Å²) in [6, 6.07) is 19.9. The van der Waals surface area contributed by atoms with E-state index in [9.17, 15) is 13.7 Å². The van der Waals surface area contributed by atoms with Crippen LogP contribution in [0.2, 0.25) is 0 Å². The summed E-state index contributed by atoms with van der Waals surface area (Å²) >= 11 is 0. The van der Waals surface area contributed by atoms with Gasteiger partial charge in [0.25, 0.3) is 0 Å². The average Bonchev–Trinajstić information content (AvgIpc) is 4.14. The summed E-state index contributed by atoms with van der Waals surface area (Å²) < 4.78 is 171. The van der Waals surface area contributed by atoms with Gasteiger partial charge in [0.2, 0.25) is 0 Å². The molecule has 0 atom stereocenters. The van der Waals surface area contributed by atoms with E-state index in [1.165, 1.54) is 44.0 Å². The molecule has 0 radical (unpaired) electrons. The van der Waals surface area contributed by atoms with Gasteiger partial charge in [0.1, 0.15) is 0 Å². The van der Waals surface area contributed by atoms with Crippen molar-refractivity contribution in [2.75, 3.05) is 0 Å². The first-order valence-electron chi connectivity index (χ1n) is 27.1. The maximum Gasteiger partial charge on any atom is 0.0645 e. The highest BCUT2D eigenvalue weighted by Crippen LogP contribution is 2.44. The first kappa shape index (κ1) is 18.8. The van der Waals surface area contributed by atoms with E-state index in [0.717, 1.165) is 0 Å². The van der Waals surface area contributed by atoms with Crippen molar-refractivity contribution in [3.8, 4) is 39.3 Å². The van der Waals surface area contributed by atoms with Crippen LogP contribution in [-0.4, -0.2) is 13.7 Å². The molecule has 3 heteroatoms. The first-order chi connectivity index (χ1) is 35.7. The molecule has 12 rings (SSSR count). The zero-order valence-corrected chi connectivity index (χ0v) is 29.7. The minimum Gasteiger partial charge on any atom is -0.309 e. The molecule has 0 N–H and O–H groups in total. The van der Waals surface area contributed by atoms with Gasteiger partial charge in [-0.3, -0.25) is 0 Å². The molecule has 57 heavy (non-hydrogen) atoms. The first-order valence-corrected chi connectivity index (χ1v) is 18.1. The number of fused-ring (bicyclic) bond motifs is 10. The van der Waals surface area contributed by atoms with E-state index in [4.69, 9.17) is 11.0 Å². The average molecular weight is 744 g/mol. The Morgan fingerprint density at radius 1 is 0.316 bits per heavy atom. The second kappa shape index (κ2) is 12.5. The van der Waals surface area contributed by atoms with Crippen LogP contribution in [0.3, 0.4) is 0 Å². The lowest BCUT2D eigenvalue weighted by molar-refractivity contribution is 1.17. The Morgan fingerprint density at radius 2 is 0.842 bits per heavy atom. The van der Waals surface area contributed by atoms with Gasteiger partial charge in [-0.25, -0.2) is 0 Å². The lowest BCUT2D eigenvalue weighted by Gasteiger charge is -2.12. The molecule has 0 bridgehead atoms. The molecule has 0 saturated heterocycles. The van der Waals surface area contributed by atoms with E-state index in [1.807, 2.05) is 6.07 Å². The standard InChI is InChI=1S/C54H35N3/c1-4-15-36(16-5-1)37-17-14-22-42(33-37)57-51-31-28-39(38-27-30-50-46(34-38)43-23-10-12-25-48(43)55(50)40-18-6-2-7-19-40)35-47(51)44-29-32-52-53(54(44)57)45-24-11-13-26-49(45)56(52)41-20-8-3-9-21-41/h1-35H/i1D,2D,3D,10D,11D,12D,13D,24D,25D,26D,27D,28D,29D,30D,31D,32D,34D,35D. The molecule has 9 aromatic carbocycles. The summed E-state index contributed by atoms with van der Waals surface area (Å²) in [5.74, 6) is 0. The fourth-order valence-corrected chi connectivity index (χ4v) is 7.98. The SMILES string of the molecule is [2H]c1ccc(-c2cccc(-n3c4c([2H])c([2H])c(-c5c([2H])c([2H])c6c(c5[2H])c5cc([2H])c([2H])c([2H])c5n6-c5ccc([2H])cc5)c([2H])c4c4c([2H])c([2H])c5c(c6c([2H])c([2H])c([2H])c([2H])c6n5-c5ccc([2H])cc5)c43)c2)cc1. The Labute approximate surface area is 354 Å². The topological polar surface area (TPSA) is 14.8 Å². The lowest BCUT2D eigenvalue weighted by Crippen LogP contribution is -1.96. The van der Waals surface area contributed by atoms with E-state index in [0.29, 0.717) is 28.2 Å². The Kier molecular flexibility index (Phi) is 4.11. The van der Waals surface area contributed by atoms with Gasteiger partial charge in [0.15, 0.2) is 0 Å². The zero-order chi connectivity index (χ0) is 53.1. The number of benzene rings is 9. The number of para-hydroxylation sites is 4. The Balaban J connectivity index is 1.30. The van der Waals surface area contributed by atoms with Crippen LogP contribution in [0, 0.1) is 0 Å². The van der Waals surface area contributed by atoms with Gasteiger partial charge in [-0.1, -0.05) is 133 Å². The van der Waals surface area contributed by atoms with Crippen LogP contribution in [0.1, 0.15) is 24.7 Å². The van der Waals surface area contributed by atoms with Crippen molar-refractivity contribution in [1.29, 1.82) is 0 Å². The molecular formula is C54H35N3. The summed E-state index contributed by atoms with van der Waals surface area (Å²) in [4.78, 5) is 0. The van der Waals surface area contributed by atoms with Crippen molar-refractivity contribution in [2.24, 2.45) is 0 Å². The van der Waals surface area contributed by atoms with Crippen LogP contribution in [-0.2, 0) is 0 Å². The maximum atomic E-state index is 10.2. The van der Waals surface area contributed by atoms with Crippen LogP contribution < -0.4 is 0 Å². The molecule has 3 aromatic heterocycles. The Hall–Kier alpha value is -7.62. The number of rotatable bonds is 5. The monoisotopic (exact) mass is 743 g/mol. The van der Waals surface area contributed by atoms with Gasteiger partial charge < -0.3 is 13.7 Å². The fourth-order valence-electron chi connectivity index (χ4n) is 7.98. The normalized spacial score (nSPS) is 16.3.